The van der Waals surface area contributed by atoms with Crippen LogP contribution in [0.25, 0.3) is 0 Å². The fourth-order valence-electron chi connectivity index (χ4n) is 1.72. The lowest BCUT2D eigenvalue weighted by Gasteiger charge is -2.25. The van der Waals surface area contributed by atoms with Gasteiger partial charge in [-0.3, -0.25) is 10.1 Å². The molecule has 1 aliphatic rings. The number of aromatic nitrogens is 1. The molecule has 0 aromatic carbocycles. The molecule has 1 atom stereocenters. The van der Waals surface area contributed by atoms with Gasteiger partial charge in [-0.15, -0.1) is 0 Å². The molecule has 5 nitrogen and oxygen atoms in total. The van der Waals surface area contributed by atoms with E-state index in [1.165, 1.54) is 0 Å². The van der Waals surface area contributed by atoms with Crippen LogP contribution in [0.2, 0.25) is 0 Å². The topological polar surface area (TPSA) is 67.2 Å². The van der Waals surface area contributed by atoms with Crippen LogP contribution in [-0.4, -0.2) is 23.7 Å². The Morgan fingerprint density at radius 2 is 2.35 bits per heavy atom. The van der Waals surface area contributed by atoms with Gasteiger partial charge in [0.05, 0.1) is 11.7 Å². The highest BCUT2D eigenvalue weighted by Gasteiger charge is 2.25. The zero-order chi connectivity index (χ0) is 12.5. The van der Waals surface area contributed by atoms with Crippen LogP contribution in [0.15, 0.2) is 10.6 Å². The third kappa shape index (κ3) is 3.30. The molecule has 0 aliphatic carbocycles. The molecule has 1 unspecified atom stereocenters. The molecule has 94 valence electrons. The molecule has 1 amide bonds. The van der Waals surface area contributed by atoms with Crippen molar-refractivity contribution in [1.82, 2.24) is 10.5 Å². The van der Waals surface area contributed by atoms with Crippen LogP contribution in [0, 0.1) is 5.41 Å². The molecule has 1 fully saturated rings. The molecule has 1 aromatic heterocycles. The second kappa shape index (κ2) is 4.49. The smallest absolute Gasteiger partial charge is 0.243 e. The van der Waals surface area contributed by atoms with Crippen LogP contribution in [0.3, 0.4) is 0 Å². The van der Waals surface area contributed by atoms with Crippen LogP contribution < -0.4 is 10.6 Å². The minimum absolute atomic E-state index is 0.0466. The van der Waals surface area contributed by atoms with Crippen molar-refractivity contribution >= 4 is 11.8 Å². The lowest BCUT2D eigenvalue weighted by molar-refractivity contribution is -0.119. The average Bonchev–Trinajstić information content (AvgIpc) is 2.45. The summed E-state index contributed by atoms with van der Waals surface area (Å²) in [5.41, 5.74) is 1.03. The third-order valence-corrected chi connectivity index (χ3v) is 2.66. The summed E-state index contributed by atoms with van der Waals surface area (Å²) in [6.07, 6.45) is 1.71. The summed E-state index contributed by atoms with van der Waals surface area (Å²) in [5.74, 6) is 0.387. The Kier molecular flexibility index (Phi) is 3.19. The molecule has 0 saturated carbocycles. The van der Waals surface area contributed by atoms with E-state index >= 15 is 0 Å². The third-order valence-electron chi connectivity index (χ3n) is 2.66. The van der Waals surface area contributed by atoms with Gasteiger partial charge < -0.3 is 9.84 Å². The van der Waals surface area contributed by atoms with Gasteiger partial charge in [0.2, 0.25) is 11.8 Å². The van der Waals surface area contributed by atoms with Crippen LogP contribution in [-0.2, 0) is 11.2 Å². The summed E-state index contributed by atoms with van der Waals surface area (Å²) >= 11 is 0. The van der Waals surface area contributed by atoms with Crippen LogP contribution in [0.5, 0.6) is 0 Å². The summed E-state index contributed by atoms with van der Waals surface area (Å²) in [4.78, 5) is 11.6. The Hall–Kier alpha value is -1.36. The van der Waals surface area contributed by atoms with Gasteiger partial charge in [-0.05, 0) is 24.8 Å². The number of hydrogen-bond donors (Lipinski definition) is 2. The van der Waals surface area contributed by atoms with Crippen LogP contribution in [0.4, 0.5) is 5.88 Å². The number of nitrogens with zero attached hydrogens (tertiary/aromatic N) is 1. The predicted octanol–water partition coefficient (Wildman–Crippen LogP) is 1.56. The van der Waals surface area contributed by atoms with Crippen LogP contribution in [0.1, 0.15) is 32.9 Å². The number of amides is 1. The van der Waals surface area contributed by atoms with Gasteiger partial charge in [0.15, 0.2) is 0 Å². The second-order valence-corrected chi connectivity index (χ2v) is 5.70. The zero-order valence-corrected chi connectivity index (χ0v) is 10.5. The molecule has 5 heteroatoms. The predicted molar refractivity (Wildman–Crippen MR) is 64.7 cm³/mol. The molecular weight excluding hydrogens is 218 g/mol. The number of anilines is 1. The summed E-state index contributed by atoms with van der Waals surface area (Å²) in [5, 5.41) is 9.70. The fraction of sp³-hybridized carbons (Fsp3) is 0.667. The summed E-state index contributed by atoms with van der Waals surface area (Å²) < 4.78 is 5.09. The van der Waals surface area contributed by atoms with E-state index in [0.29, 0.717) is 5.88 Å². The molecule has 2 N–H and O–H groups in total. The first kappa shape index (κ1) is 12.1. The van der Waals surface area contributed by atoms with Gasteiger partial charge in [0.25, 0.3) is 0 Å². The van der Waals surface area contributed by atoms with E-state index in [1.54, 1.807) is 6.07 Å². The van der Waals surface area contributed by atoms with E-state index < -0.39 is 0 Å². The Bertz CT molecular complexity index is 402. The van der Waals surface area contributed by atoms with E-state index in [2.05, 4.69) is 36.6 Å². The van der Waals surface area contributed by atoms with Crippen molar-refractivity contribution in [2.45, 2.75) is 39.7 Å². The van der Waals surface area contributed by atoms with Gasteiger partial charge >= 0.3 is 0 Å². The maximum Gasteiger partial charge on any atom is 0.243 e. The van der Waals surface area contributed by atoms with E-state index in [1.807, 2.05) is 0 Å². The molecule has 0 bridgehead atoms. The zero-order valence-electron chi connectivity index (χ0n) is 10.5. The molecule has 0 spiro atoms. The average molecular weight is 237 g/mol. The number of carbonyl (C=O) groups excluding carboxylic acids is 1. The Balaban J connectivity index is 1.91. The van der Waals surface area contributed by atoms with Crippen molar-refractivity contribution in [3.63, 3.8) is 0 Å². The number of nitrogens with one attached hydrogen (secondary N) is 2. The second-order valence-electron chi connectivity index (χ2n) is 5.70. The van der Waals surface area contributed by atoms with Crippen molar-refractivity contribution in [3.05, 3.63) is 11.8 Å². The highest BCUT2D eigenvalue weighted by atomic mass is 16.5. The highest BCUT2D eigenvalue weighted by molar-refractivity contribution is 5.94. The molecule has 2 heterocycles. The lowest BCUT2D eigenvalue weighted by atomic mass is 9.91. The fourth-order valence-corrected chi connectivity index (χ4v) is 1.72. The van der Waals surface area contributed by atoms with Crippen molar-refractivity contribution in [1.29, 1.82) is 0 Å². The van der Waals surface area contributed by atoms with Gasteiger partial charge in [-0.25, -0.2) is 0 Å². The maximum absolute atomic E-state index is 11.6. The van der Waals surface area contributed by atoms with Crippen molar-refractivity contribution in [2.75, 3.05) is 11.9 Å². The van der Waals surface area contributed by atoms with Crippen molar-refractivity contribution < 1.29 is 9.32 Å². The van der Waals surface area contributed by atoms with Crippen molar-refractivity contribution in [3.8, 4) is 0 Å². The maximum atomic E-state index is 11.6. The molecule has 2 rings (SSSR count). The van der Waals surface area contributed by atoms with E-state index in [9.17, 15) is 4.79 Å². The highest BCUT2D eigenvalue weighted by Crippen LogP contribution is 2.21. The normalized spacial score (nSPS) is 19.8. The van der Waals surface area contributed by atoms with Gasteiger partial charge in [-0.2, -0.15) is 0 Å². The molecular formula is C12H19N3O2. The van der Waals surface area contributed by atoms with Crippen LogP contribution >= 0.6 is 0 Å². The standard InChI is InChI=1S/C12H19N3O2/c1-12(2,3)7-8-6-10(17-15-8)14-11(16)9-4-5-13-9/h6,9,13H,4-5,7H2,1-3H3,(H,14,16). The first-order chi connectivity index (χ1) is 7.94. The number of carbonyl (C=O) groups is 1. The molecule has 0 radical (unpaired) electrons. The SMILES string of the molecule is CC(C)(C)Cc1cc(NC(=O)C2CCN2)on1. The van der Waals surface area contributed by atoms with E-state index in [0.717, 1.165) is 25.1 Å². The Morgan fingerprint density at radius 3 is 2.88 bits per heavy atom. The molecule has 1 aliphatic heterocycles. The summed E-state index contributed by atoms with van der Waals surface area (Å²) in [6.45, 7) is 7.32. The largest absolute Gasteiger partial charge is 0.338 e. The minimum atomic E-state index is -0.0776. The van der Waals surface area contributed by atoms with Gasteiger partial charge in [0, 0.05) is 6.07 Å². The first-order valence-corrected chi connectivity index (χ1v) is 5.94. The number of hydrogen-bond acceptors (Lipinski definition) is 4. The molecule has 1 saturated heterocycles. The number of rotatable bonds is 3. The Labute approximate surface area is 101 Å². The molecule has 1 aromatic rings. The monoisotopic (exact) mass is 237 g/mol. The van der Waals surface area contributed by atoms with Gasteiger partial charge in [0.1, 0.15) is 0 Å². The Morgan fingerprint density at radius 1 is 1.65 bits per heavy atom. The van der Waals surface area contributed by atoms with Crippen molar-refractivity contribution in [2.24, 2.45) is 5.41 Å². The summed E-state index contributed by atoms with van der Waals surface area (Å²) in [6, 6.07) is 1.72. The molecule has 17 heavy (non-hydrogen) atoms. The lowest BCUT2D eigenvalue weighted by Crippen LogP contribution is -2.50. The van der Waals surface area contributed by atoms with E-state index in [-0.39, 0.29) is 17.4 Å². The van der Waals surface area contributed by atoms with Gasteiger partial charge in [-0.1, -0.05) is 25.9 Å². The summed E-state index contributed by atoms with van der Waals surface area (Å²) in [7, 11) is 0. The van der Waals surface area contributed by atoms with E-state index in [4.69, 9.17) is 4.52 Å². The minimum Gasteiger partial charge on any atom is -0.338 e. The quantitative estimate of drug-likeness (QED) is 0.837. The first-order valence-electron chi connectivity index (χ1n) is 5.94.